The lowest BCUT2D eigenvalue weighted by molar-refractivity contribution is 0.404. The number of methoxy groups -OCH3 is 1. The molecule has 0 saturated carbocycles. The maximum atomic E-state index is 6.13. The van der Waals surface area contributed by atoms with Gasteiger partial charge in [-0.2, -0.15) is 0 Å². The summed E-state index contributed by atoms with van der Waals surface area (Å²) in [7, 11) is 1.67. The molecule has 1 aromatic heterocycles. The van der Waals surface area contributed by atoms with Gasteiger partial charge < -0.3 is 10.1 Å². The third kappa shape index (κ3) is 3.30. The maximum Gasteiger partial charge on any atom is 0.124 e. The molecule has 1 heterocycles. The Bertz CT molecular complexity index is 586. The highest BCUT2D eigenvalue weighted by Gasteiger charge is 2.19. The van der Waals surface area contributed by atoms with Crippen LogP contribution in [0.25, 0.3) is 0 Å². The van der Waals surface area contributed by atoms with E-state index in [-0.39, 0.29) is 6.04 Å². The van der Waals surface area contributed by atoms with Gasteiger partial charge in [0.15, 0.2) is 0 Å². The zero-order chi connectivity index (χ0) is 14.5. The first-order valence-electron chi connectivity index (χ1n) is 6.65. The number of nitrogens with zero attached hydrogens (tertiary/aromatic N) is 1. The third-order valence-corrected chi connectivity index (χ3v) is 3.38. The van der Waals surface area contributed by atoms with Crippen LogP contribution in [0.4, 0.5) is 0 Å². The average molecular weight is 291 g/mol. The standard InChI is InChI=1S/C16H19ClN2O/c1-4-18-16(14-9-11(2)7-8-19-14)13-10-12(17)5-6-15(13)20-3/h5-10,16,18H,4H2,1-3H3. The number of halogens is 1. The molecule has 3 nitrogen and oxygen atoms in total. The zero-order valence-corrected chi connectivity index (χ0v) is 12.7. The lowest BCUT2D eigenvalue weighted by atomic mass is 10.0. The van der Waals surface area contributed by atoms with Crippen molar-refractivity contribution in [3.8, 4) is 5.75 Å². The molecule has 106 valence electrons. The number of nitrogens with one attached hydrogen (secondary N) is 1. The van der Waals surface area contributed by atoms with Gasteiger partial charge in [-0.15, -0.1) is 0 Å². The number of ether oxygens (including phenoxy) is 1. The van der Waals surface area contributed by atoms with E-state index >= 15 is 0 Å². The van der Waals surface area contributed by atoms with Crippen molar-refractivity contribution in [2.24, 2.45) is 0 Å². The number of hydrogen-bond acceptors (Lipinski definition) is 3. The van der Waals surface area contributed by atoms with E-state index < -0.39 is 0 Å². The molecule has 1 N–H and O–H groups in total. The van der Waals surface area contributed by atoms with E-state index in [1.807, 2.05) is 30.5 Å². The minimum atomic E-state index is -0.0338. The number of aryl methyl sites for hydroxylation is 1. The number of pyridine rings is 1. The van der Waals surface area contributed by atoms with Crippen molar-refractivity contribution in [2.75, 3.05) is 13.7 Å². The van der Waals surface area contributed by atoms with Crippen LogP contribution in [-0.4, -0.2) is 18.6 Å². The van der Waals surface area contributed by atoms with Crippen molar-refractivity contribution in [3.05, 3.63) is 58.4 Å². The second-order valence-corrected chi connectivity index (χ2v) is 5.07. The average Bonchev–Trinajstić information content (AvgIpc) is 2.44. The molecule has 20 heavy (non-hydrogen) atoms. The fourth-order valence-electron chi connectivity index (χ4n) is 2.23. The van der Waals surface area contributed by atoms with Gasteiger partial charge in [0.05, 0.1) is 18.8 Å². The number of aromatic nitrogens is 1. The van der Waals surface area contributed by atoms with E-state index in [2.05, 4.69) is 30.2 Å². The Morgan fingerprint density at radius 1 is 1.30 bits per heavy atom. The SMILES string of the molecule is CCNC(c1cc(C)ccn1)c1cc(Cl)ccc1OC. The predicted molar refractivity (Wildman–Crippen MR) is 82.5 cm³/mol. The van der Waals surface area contributed by atoms with E-state index in [0.717, 1.165) is 23.6 Å². The Hall–Kier alpha value is -1.58. The fraction of sp³-hybridized carbons (Fsp3) is 0.312. The largest absolute Gasteiger partial charge is 0.496 e. The van der Waals surface area contributed by atoms with E-state index in [4.69, 9.17) is 16.3 Å². The van der Waals surface area contributed by atoms with E-state index in [1.54, 1.807) is 7.11 Å². The molecule has 0 aliphatic heterocycles. The first-order valence-corrected chi connectivity index (χ1v) is 7.03. The van der Waals surface area contributed by atoms with Crippen LogP contribution < -0.4 is 10.1 Å². The fourth-order valence-corrected chi connectivity index (χ4v) is 2.41. The van der Waals surface area contributed by atoms with Gasteiger partial charge >= 0.3 is 0 Å². The van der Waals surface area contributed by atoms with Gasteiger partial charge in [0.2, 0.25) is 0 Å². The summed E-state index contributed by atoms with van der Waals surface area (Å²) in [6.07, 6.45) is 1.83. The first kappa shape index (κ1) is 14.8. The van der Waals surface area contributed by atoms with Crippen LogP contribution in [0.2, 0.25) is 5.02 Å². The van der Waals surface area contributed by atoms with Crippen molar-refractivity contribution in [2.45, 2.75) is 19.9 Å². The minimum Gasteiger partial charge on any atom is -0.496 e. The Morgan fingerprint density at radius 3 is 2.75 bits per heavy atom. The Morgan fingerprint density at radius 2 is 2.10 bits per heavy atom. The van der Waals surface area contributed by atoms with Gasteiger partial charge in [0.25, 0.3) is 0 Å². The topological polar surface area (TPSA) is 34.2 Å². The van der Waals surface area contributed by atoms with E-state index in [0.29, 0.717) is 5.02 Å². The van der Waals surface area contributed by atoms with Crippen LogP contribution in [0, 0.1) is 6.92 Å². The Balaban J connectivity index is 2.50. The summed E-state index contributed by atoms with van der Waals surface area (Å²) in [5.41, 5.74) is 3.14. The Kier molecular flexibility index (Phi) is 4.99. The summed E-state index contributed by atoms with van der Waals surface area (Å²) in [5, 5.41) is 4.13. The van der Waals surface area contributed by atoms with Gasteiger partial charge in [-0.05, 0) is 49.4 Å². The summed E-state index contributed by atoms with van der Waals surface area (Å²) in [6.45, 7) is 4.96. The van der Waals surface area contributed by atoms with E-state index in [1.165, 1.54) is 5.56 Å². The van der Waals surface area contributed by atoms with Crippen molar-refractivity contribution in [3.63, 3.8) is 0 Å². The number of rotatable bonds is 5. The van der Waals surface area contributed by atoms with Crippen molar-refractivity contribution in [1.29, 1.82) is 0 Å². The second-order valence-electron chi connectivity index (χ2n) is 4.64. The number of benzene rings is 1. The number of hydrogen-bond donors (Lipinski definition) is 1. The normalized spacial score (nSPS) is 12.2. The van der Waals surface area contributed by atoms with Crippen LogP contribution in [0.1, 0.15) is 29.8 Å². The molecule has 0 amide bonds. The second kappa shape index (κ2) is 6.73. The monoisotopic (exact) mass is 290 g/mol. The summed E-state index contributed by atoms with van der Waals surface area (Å²) in [6, 6.07) is 9.68. The zero-order valence-electron chi connectivity index (χ0n) is 12.0. The third-order valence-electron chi connectivity index (χ3n) is 3.14. The van der Waals surface area contributed by atoms with Gasteiger partial charge in [-0.1, -0.05) is 18.5 Å². The molecule has 0 saturated heterocycles. The molecule has 0 fully saturated rings. The van der Waals surface area contributed by atoms with Crippen LogP contribution in [0.5, 0.6) is 5.75 Å². The quantitative estimate of drug-likeness (QED) is 0.910. The summed E-state index contributed by atoms with van der Waals surface area (Å²) in [5.74, 6) is 0.809. The Labute approximate surface area is 124 Å². The maximum absolute atomic E-state index is 6.13. The van der Waals surface area contributed by atoms with Gasteiger partial charge in [-0.3, -0.25) is 4.98 Å². The summed E-state index contributed by atoms with van der Waals surface area (Å²) in [4.78, 5) is 4.48. The molecule has 0 radical (unpaired) electrons. The van der Waals surface area contributed by atoms with Crippen molar-refractivity contribution in [1.82, 2.24) is 10.3 Å². The molecule has 1 atom stereocenters. The predicted octanol–water partition coefficient (Wildman–Crippen LogP) is 3.75. The van der Waals surface area contributed by atoms with Gasteiger partial charge in [0, 0.05) is 16.8 Å². The molecule has 2 rings (SSSR count). The van der Waals surface area contributed by atoms with Gasteiger partial charge in [-0.25, -0.2) is 0 Å². The molecule has 0 bridgehead atoms. The highest BCUT2D eigenvalue weighted by molar-refractivity contribution is 6.30. The van der Waals surface area contributed by atoms with Crippen molar-refractivity contribution >= 4 is 11.6 Å². The highest BCUT2D eigenvalue weighted by atomic mass is 35.5. The van der Waals surface area contributed by atoms with Crippen LogP contribution in [-0.2, 0) is 0 Å². The smallest absolute Gasteiger partial charge is 0.124 e. The highest BCUT2D eigenvalue weighted by Crippen LogP contribution is 2.31. The lowest BCUT2D eigenvalue weighted by Gasteiger charge is -2.21. The minimum absolute atomic E-state index is 0.0338. The molecule has 4 heteroatoms. The molecule has 0 spiro atoms. The van der Waals surface area contributed by atoms with Crippen LogP contribution >= 0.6 is 11.6 Å². The van der Waals surface area contributed by atoms with E-state index in [9.17, 15) is 0 Å². The molecule has 0 aliphatic carbocycles. The molecular formula is C16H19ClN2O. The van der Waals surface area contributed by atoms with Crippen LogP contribution in [0.3, 0.4) is 0 Å². The lowest BCUT2D eigenvalue weighted by Crippen LogP contribution is -2.23. The molecule has 0 aliphatic rings. The molecule has 1 aromatic carbocycles. The van der Waals surface area contributed by atoms with Crippen molar-refractivity contribution < 1.29 is 4.74 Å². The van der Waals surface area contributed by atoms with Crippen LogP contribution in [0.15, 0.2) is 36.5 Å². The molecular weight excluding hydrogens is 272 g/mol. The molecule has 2 aromatic rings. The van der Waals surface area contributed by atoms with Gasteiger partial charge in [0.1, 0.15) is 5.75 Å². The first-order chi connectivity index (χ1) is 9.65. The summed E-state index contributed by atoms with van der Waals surface area (Å²) >= 11 is 6.13. The molecule has 1 unspecified atom stereocenters. The summed E-state index contributed by atoms with van der Waals surface area (Å²) < 4.78 is 5.45.